The van der Waals surface area contributed by atoms with Crippen molar-refractivity contribution in [2.24, 2.45) is 0 Å². The minimum absolute atomic E-state index is 0.283. The summed E-state index contributed by atoms with van der Waals surface area (Å²) in [6.45, 7) is 4.47. The summed E-state index contributed by atoms with van der Waals surface area (Å²) in [4.78, 5) is 54.5. The average Bonchev–Trinajstić information content (AvgIpc) is 3.12. The molecule has 1 aromatic carbocycles. The van der Waals surface area contributed by atoms with Crippen LogP contribution in [0.5, 0.6) is 0 Å². The van der Waals surface area contributed by atoms with E-state index < -0.39 is 53.7 Å². The number of thioether (sulfide) groups is 1. The number of rotatable bonds is 7. The third-order valence-electron chi connectivity index (χ3n) is 4.54. The van der Waals surface area contributed by atoms with Crippen LogP contribution in [-0.4, -0.2) is 70.3 Å². The molecule has 11 nitrogen and oxygen atoms in total. The van der Waals surface area contributed by atoms with E-state index in [-0.39, 0.29) is 6.61 Å². The van der Waals surface area contributed by atoms with Gasteiger partial charge in [-0.05, 0) is 12.1 Å². The Hall–Kier alpha value is -3.12. The van der Waals surface area contributed by atoms with Gasteiger partial charge in [-0.15, -0.1) is 0 Å². The van der Waals surface area contributed by atoms with E-state index >= 15 is 0 Å². The van der Waals surface area contributed by atoms with Crippen molar-refractivity contribution in [1.29, 1.82) is 0 Å². The highest BCUT2D eigenvalue weighted by molar-refractivity contribution is 7.99. The number of carbonyl (C=O) groups excluding carboxylic acids is 4. The molecule has 2 heterocycles. The second-order valence-corrected chi connectivity index (χ2v) is 8.33. The molecule has 1 aliphatic heterocycles. The number of imidazole rings is 1. The van der Waals surface area contributed by atoms with Crippen molar-refractivity contribution in [2.75, 3.05) is 6.61 Å². The molecule has 0 aliphatic carbocycles. The molecule has 5 atom stereocenters. The minimum Gasteiger partial charge on any atom is -0.463 e. The van der Waals surface area contributed by atoms with E-state index in [2.05, 4.69) is 9.97 Å². The Balaban J connectivity index is 1.98. The van der Waals surface area contributed by atoms with Crippen molar-refractivity contribution in [3.63, 3.8) is 0 Å². The molecule has 0 spiro atoms. The molecule has 0 amide bonds. The van der Waals surface area contributed by atoms with Gasteiger partial charge in [0.1, 0.15) is 12.7 Å². The highest BCUT2D eigenvalue weighted by Gasteiger charge is 2.52. The fourth-order valence-electron chi connectivity index (χ4n) is 3.38. The van der Waals surface area contributed by atoms with Crippen molar-refractivity contribution >= 4 is 46.7 Å². The van der Waals surface area contributed by atoms with Gasteiger partial charge >= 0.3 is 23.9 Å². The predicted octanol–water partition coefficient (Wildman–Crippen LogP) is 1.74. The summed E-state index contributed by atoms with van der Waals surface area (Å²) in [5.41, 5.74) is 0.558. The molecule has 1 saturated heterocycles. The number of hydrogen-bond acceptors (Lipinski definition) is 11. The number of hydrogen-bond donors (Lipinski definition) is 1. The number of esters is 4. The predicted molar refractivity (Wildman–Crippen MR) is 114 cm³/mol. The Morgan fingerprint density at radius 1 is 0.909 bits per heavy atom. The van der Waals surface area contributed by atoms with Crippen molar-refractivity contribution in [3.05, 3.63) is 24.3 Å². The van der Waals surface area contributed by atoms with E-state index in [1.807, 2.05) is 24.3 Å². The zero-order chi connectivity index (χ0) is 24.1. The number of H-pyrrole nitrogens is 1. The van der Waals surface area contributed by atoms with Gasteiger partial charge < -0.3 is 28.7 Å². The lowest BCUT2D eigenvalue weighted by atomic mass is 9.99. The molecule has 178 valence electrons. The van der Waals surface area contributed by atoms with Crippen LogP contribution in [0.3, 0.4) is 0 Å². The summed E-state index contributed by atoms with van der Waals surface area (Å²) in [6, 6.07) is 7.36. The molecule has 0 radical (unpaired) electrons. The maximum absolute atomic E-state index is 11.9. The number of fused-ring (bicyclic) bond motifs is 1. The lowest BCUT2D eigenvalue weighted by molar-refractivity contribution is -0.237. The molecule has 0 unspecified atom stereocenters. The first-order valence-electron chi connectivity index (χ1n) is 10.1. The van der Waals surface area contributed by atoms with E-state index in [1.54, 1.807) is 0 Å². The third kappa shape index (κ3) is 6.45. The van der Waals surface area contributed by atoms with Gasteiger partial charge in [-0.2, -0.15) is 0 Å². The highest BCUT2D eigenvalue weighted by Crippen LogP contribution is 2.37. The van der Waals surface area contributed by atoms with Crippen LogP contribution in [0.25, 0.3) is 11.0 Å². The number of aromatic amines is 1. The molecular weight excluding hydrogens is 456 g/mol. The Bertz CT molecular complexity index is 1010. The first-order chi connectivity index (χ1) is 15.6. The van der Waals surface area contributed by atoms with E-state index in [0.717, 1.165) is 17.3 Å². The van der Waals surface area contributed by atoms with Crippen LogP contribution in [0, 0.1) is 0 Å². The van der Waals surface area contributed by atoms with Crippen molar-refractivity contribution in [3.8, 4) is 0 Å². The zero-order valence-corrected chi connectivity index (χ0v) is 19.2. The molecule has 0 bridgehead atoms. The number of benzene rings is 1. The molecule has 33 heavy (non-hydrogen) atoms. The van der Waals surface area contributed by atoms with E-state index in [4.69, 9.17) is 23.7 Å². The first-order valence-corrected chi connectivity index (χ1v) is 10.9. The summed E-state index contributed by atoms with van der Waals surface area (Å²) < 4.78 is 27.4. The summed E-state index contributed by atoms with van der Waals surface area (Å²) in [5.74, 6) is -2.60. The Morgan fingerprint density at radius 3 is 2.12 bits per heavy atom. The van der Waals surface area contributed by atoms with Crippen LogP contribution >= 0.6 is 11.8 Å². The van der Waals surface area contributed by atoms with Crippen LogP contribution in [-0.2, 0) is 42.9 Å². The standard InChI is InChI=1S/C21H24N2O9S/c1-10(24)28-9-16-17(29-11(2)25)18(30-12(3)26)19(31-13(4)27)20(32-16)33-21-22-14-7-5-6-8-15(14)23-21/h5-8,16-20H,9H2,1-4H3,(H,22,23)/t16-,17-,18+,19-,20+/m1/s1. The minimum atomic E-state index is -1.22. The third-order valence-corrected chi connectivity index (χ3v) is 5.57. The van der Waals surface area contributed by atoms with Gasteiger partial charge in [-0.25, -0.2) is 4.98 Å². The number of aromatic nitrogens is 2. The normalized spacial score (nSPS) is 24.7. The number of ether oxygens (including phenoxy) is 5. The van der Waals surface area contributed by atoms with Crippen LogP contribution < -0.4 is 0 Å². The lowest BCUT2D eigenvalue weighted by Crippen LogP contribution is -2.61. The van der Waals surface area contributed by atoms with Gasteiger partial charge in [0, 0.05) is 27.7 Å². The summed E-state index contributed by atoms with van der Waals surface area (Å²) >= 11 is 1.09. The number of nitrogens with zero attached hydrogens (tertiary/aromatic N) is 1. The molecule has 1 N–H and O–H groups in total. The topological polar surface area (TPSA) is 143 Å². The first kappa shape index (κ1) is 24.5. The van der Waals surface area contributed by atoms with Gasteiger partial charge in [-0.1, -0.05) is 23.9 Å². The Morgan fingerprint density at radius 2 is 1.52 bits per heavy atom. The van der Waals surface area contributed by atoms with Gasteiger partial charge in [-0.3, -0.25) is 19.2 Å². The lowest BCUT2D eigenvalue weighted by Gasteiger charge is -2.43. The van der Waals surface area contributed by atoms with Gasteiger partial charge in [0.2, 0.25) is 0 Å². The fourth-order valence-corrected chi connectivity index (χ4v) is 4.46. The smallest absolute Gasteiger partial charge is 0.303 e. The second kappa shape index (κ2) is 10.7. The molecule has 1 aliphatic rings. The van der Waals surface area contributed by atoms with Crippen molar-refractivity contribution < 1.29 is 42.9 Å². The monoisotopic (exact) mass is 480 g/mol. The highest BCUT2D eigenvalue weighted by atomic mass is 32.2. The van der Waals surface area contributed by atoms with Crippen LogP contribution in [0.15, 0.2) is 29.4 Å². The van der Waals surface area contributed by atoms with E-state index in [0.29, 0.717) is 10.7 Å². The number of carbonyl (C=O) groups is 4. The SMILES string of the molecule is CC(=O)OC[C@H]1O[C@@H](Sc2nc3ccccc3[nH]2)[C@H](OC(C)=O)[C@@H](OC(C)=O)[C@@H]1OC(C)=O. The number of nitrogens with one attached hydrogen (secondary N) is 1. The fraction of sp³-hybridized carbons (Fsp3) is 0.476. The Labute approximate surface area is 193 Å². The van der Waals surface area contributed by atoms with E-state index in [9.17, 15) is 19.2 Å². The summed E-state index contributed by atoms with van der Waals surface area (Å²) in [6.07, 6.45) is -4.56. The summed E-state index contributed by atoms with van der Waals surface area (Å²) in [7, 11) is 0. The molecule has 3 rings (SSSR count). The molecule has 12 heteroatoms. The number of para-hydroxylation sites is 2. The second-order valence-electron chi connectivity index (χ2n) is 7.24. The van der Waals surface area contributed by atoms with Crippen molar-refractivity contribution in [1.82, 2.24) is 9.97 Å². The molecule has 1 aromatic heterocycles. The van der Waals surface area contributed by atoms with Crippen molar-refractivity contribution in [2.45, 2.75) is 62.7 Å². The van der Waals surface area contributed by atoms with Gasteiger partial charge in [0.15, 0.2) is 28.9 Å². The van der Waals surface area contributed by atoms with Crippen LogP contribution in [0.2, 0.25) is 0 Å². The Kier molecular flexibility index (Phi) is 7.92. The maximum atomic E-state index is 11.9. The average molecular weight is 480 g/mol. The van der Waals surface area contributed by atoms with Gasteiger partial charge in [0.05, 0.1) is 11.0 Å². The maximum Gasteiger partial charge on any atom is 0.303 e. The summed E-state index contributed by atoms with van der Waals surface area (Å²) in [5, 5.41) is 0.456. The van der Waals surface area contributed by atoms with Gasteiger partial charge in [0.25, 0.3) is 0 Å². The molecular formula is C21H24N2O9S. The van der Waals surface area contributed by atoms with Crippen LogP contribution in [0.1, 0.15) is 27.7 Å². The van der Waals surface area contributed by atoms with E-state index in [1.165, 1.54) is 27.7 Å². The largest absolute Gasteiger partial charge is 0.463 e. The molecule has 0 saturated carbocycles. The van der Waals surface area contributed by atoms with Crippen LogP contribution in [0.4, 0.5) is 0 Å². The molecule has 2 aromatic rings. The molecule has 1 fully saturated rings. The zero-order valence-electron chi connectivity index (χ0n) is 18.4. The quantitative estimate of drug-likeness (QED) is 0.457.